The number of hydrogen-bond acceptors (Lipinski definition) is 2. The molecule has 1 saturated carbocycles. The van der Waals surface area contributed by atoms with Crippen molar-refractivity contribution in [3.05, 3.63) is 34.9 Å². The Kier molecular flexibility index (Phi) is 5.22. The van der Waals surface area contributed by atoms with Crippen LogP contribution in [-0.4, -0.2) is 24.0 Å². The summed E-state index contributed by atoms with van der Waals surface area (Å²) in [5, 5.41) is 0. The first-order valence-corrected chi connectivity index (χ1v) is 8.04. The largest absolute Gasteiger partial charge is 0.323 e. The van der Waals surface area contributed by atoms with E-state index in [0.717, 1.165) is 18.5 Å². The van der Waals surface area contributed by atoms with Crippen molar-refractivity contribution < 1.29 is 0 Å². The second-order valence-corrected chi connectivity index (χ2v) is 6.88. The van der Waals surface area contributed by atoms with Crippen molar-refractivity contribution in [2.45, 2.75) is 59.0 Å². The summed E-state index contributed by atoms with van der Waals surface area (Å²) in [5.41, 5.74) is 10.4. The van der Waals surface area contributed by atoms with E-state index < -0.39 is 0 Å². The molecule has 2 N–H and O–H groups in total. The quantitative estimate of drug-likeness (QED) is 0.819. The molecular weight excluding hydrogens is 244 g/mol. The van der Waals surface area contributed by atoms with Crippen LogP contribution < -0.4 is 5.73 Å². The maximum Gasteiger partial charge on any atom is 0.0427 e. The van der Waals surface area contributed by atoms with Gasteiger partial charge in [0, 0.05) is 18.6 Å². The fourth-order valence-electron chi connectivity index (χ4n) is 2.88. The Bertz CT molecular complexity index is 435. The minimum Gasteiger partial charge on any atom is -0.323 e. The molecule has 1 aromatic rings. The highest BCUT2D eigenvalue weighted by molar-refractivity contribution is 5.32. The lowest BCUT2D eigenvalue weighted by molar-refractivity contribution is 0.233. The van der Waals surface area contributed by atoms with Gasteiger partial charge in [0.15, 0.2) is 0 Å². The lowest BCUT2D eigenvalue weighted by Gasteiger charge is -2.27. The van der Waals surface area contributed by atoms with Gasteiger partial charge >= 0.3 is 0 Å². The zero-order chi connectivity index (χ0) is 14.7. The maximum absolute atomic E-state index is 6.48. The Morgan fingerprint density at radius 3 is 2.50 bits per heavy atom. The molecule has 0 aromatic heterocycles. The Labute approximate surface area is 124 Å². The molecule has 1 fully saturated rings. The second kappa shape index (κ2) is 6.73. The summed E-state index contributed by atoms with van der Waals surface area (Å²) >= 11 is 0. The molecule has 2 heteroatoms. The highest BCUT2D eigenvalue weighted by Crippen LogP contribution is 2.29. The Morgan fingerprint density at radius 2 is 1.95 bits per heavy atom. The third-order valence-corrected chi connectivity index (χ3v) is 4.31. The van der Waals surface area contributed by atoms with Crippen molar-refractivity contribution in [3.63, 3.8) is 0 Å². The van der Waals surface area contributed by atoms with Gasteiger partial charge in [-0.3, -0.25) is 4.90 Å². The van der Waals surface area contributed by atoms with Crippen LogP contribution in [0.15, 0.2) is 18.2 Å². The maximum atomic E-state index is 6.48. The molecule has 1 unspecified atom stereocenters. The predicted octanol–water partition coefficient (Wildman–Crippen LogP) is 3.81. The number of hydrogen-bond donors (Lipinski definition) is 1. The molecule has 2 rings (SSSR count). The molecule has 0 spiro atoms. The average Bonchev–Trinajstić information content (AvgIpc) is 3.18. The highest BCUT2D eigenvalue weighted by Gasteiger charge is 2.30. The van der Waals surface area contributed by atoms with Gasteiger partial charge in [0.25, 0.3) is 0 Å². The first-order valence-electron chi connectivity index (χ1n) is 8.04. The molecule has 0 bridgehead atoms. The van der Waals surface area contributed by atoms with E-state index in [0.29, 0.717) is 0 Å². The Balaban J connectivity index is 1.98. The molecular formula is C18H30N2. The van der Waals surface area contributed by atoms with Gasteiger partial charge in [-0.2, -0.15) is 0 Å². The summed E-state index contributed by atoms with van der Waals surface area (Å²) in [7, 11) is 0. The van der Waals surface area contributed by atoms with Crippen LogP contribution in [0.2, 0.25) is 0 Å². The van der Waals surface area contributed by atoms with E-state index in [4.69, 9.17) is 5.73 Å². The van der Waals surface area contributed by atoms with Gasteiger partial charge in [-0.1, -0.05) is 37.6 Å². The Hall–Kier alpha value is -0.860. The number of rotatable bonds is 7. The SMILES string of the molecule is Cc1ccc(C(N)CN(CCC(C)C)C2CC2)c(C)c1. The molecule has 0 heterocycles. The van der Waals surface area contributed by atoms with Crippen LogP contribution in [0.3, 0.4) is 0 Å². The van der Waals surface area contributed by atoms with Gasteiger partial charge < -0.3 is 5.73 Å². The van der Waals surface area contributed by atoms with Crippen molar-refractivity contribution in [2.75, 3.05) is 13.1 Å². The van der Waals surface area contributed by atoms with Crippen LogP contribution in [0.1, 0.15) is 55.8 Å². The molecule has 2 nitrogen and oxygen atoms in total. The molecule has 20 heavy (non-hydrogen) atoms. The minimum absolute atomic E-state index is 0.142. The van der Waals surface area contributed by atoms with Crippen LogP contribution in [0.25, 0.3) is 0 Å². The van der Waals surface area contributed by atoms with E-state index in [1.807, 2.05) is 0 Å². The van der Waals surface area contributed by atoms with Gasteiger partial charge in [0.2, 0.25) is 0 Å². The predicted molar refractivity (Wildman–Crippen MR) is 86.9 cm³/mol. The number of aryl methyl sites for hydroxylation is 2. The van der Waals surface area contributed by atoms with Gasteiger partial charge in [0.1, 0.15) is 0 Å². The first-order chi connectivity index (χ1) is 9.47. The summed E-state index contributed by atoms with van der Waals surface area (Å²) < 4.78 is 0. The van der Waals surface area contributed by atoms with Crippen molar-refractivity contribution in [3.8, 4) is 0 Å². The molecule has 0 aliphatic heterocycles. The van der Waals surface area contributed by atoms with Crippen LogP contribution in [0, 0.1) is 19.8 Å². The zero-order valence-electron chi connectivity index (χ0n) is 13.5. The van der Waals surface area contributed by atoms with Gasteiger partial charge in [-0.05, 0) is 56.7 Å². The van der Waals surface area contributed by atoms with E-state index in [1.54, 1.807) is 0 Å². The lowest BCUT2D eigenvalue weighted by atomic mass is 9.99. The minimum atomic E-state index is 0.142. The molecule has 1 aromatic carbocycles. The fourth-order valence-corrected chi connectivity index (χ4v) is 2.88. The van der Waals surface area contributed by atoms with Crippen LogP contribution in [-0.2, 0) is 0 Å². The smallest absolute Gasteiger partial charge is 0.0427 e. The van der Waals surface area contributed by atoms with E-state index in [2.05, 4.69) is 50.8 Å². The van der Waals surface area contributed by atoms with Crippen LogP contribution >= 0.6 is 0 Å². The molecule has 0 amide bonds. The normalized spacial score (nSPS) is 16.9. The van der Waals surface area contributed by atoms with E-state index in [1.165, 1.54) is 42.5 Å². The highest BCUT2D eigenvalue weighted by atomic mass is 15.2. The first kappa shape index (κ1) is 15.5. The number of nitrogens with zero attached hydrogens (tertiary/aromatic N) is 1. The zero-order valence-corrected chi connectivity index (χ0v) is 13.5. The van der Waals surface area contributed by atoms with Gasteiger partial charge in [-0.15, -0.1) is 0 Å². The standard InChI is InChI=1S/C18H30N2/c1-13(2)9-10-20(16-6-7-16)12-18(19)17-8-5-14(3)11-15(17)4/h5,8,11,13,16,18H,6-7,9-10,12,19H2,1-4H3. The lowest BCUT2D eigenvalue weighted by Crippen LogP contribution is -2.35. The van der Waals surface area contributed by atoms with Crippen LogP contribution in [0.4, 0.5) is 0 Å². The summed E-state index contributed by atoms with van der Waals surface area (Å²) in [6.45, 7) is 11.1. The van der Waals surface area contributed by atoms with Crippen molar-refractivity contribution in [1.29, 1.82) is 0 Å². The monoisotopic (exact) mass is 274 g/mol. The molecule has 1 atom stereocenters. The van der Waals surface area contributed by atoms with Gasteiger partial charge in [-0.25, -0.2) is 0 Å². The van der Waals surface area contributed by atoms with E-state index >= 15 is 0 Å². The third kappa shape index (κ3) is 4.32. The topological polar surface area (TPSA) is 29.3 Å². The second-order valence-electron chi connectivity index (χ2n) is 6.88. The average molecular weight is 274 g/mol. The van der Waals surface area contributed by atoms with Crippen molar-refractivity contribution in [2.24, 2.45) is 11.7 Å². The number of benzene rings is 1. The fraction of sp³-hybridized carbons (Fsp3) is 0.667. The molecule has 112 valence electrons. The molecule has 1 aliphatic rings. The summed E-state index contributed by atoms with van der Waals surface area (Å²) in [4.78, 5) is 2.62. The third-order valence-electron chi connectivity index (χ3n) is 4.31. The molecule has 0 radical (unpaired) electrons. The Morgan fingerprint density at radius 1 is 1.25 bits per heavy atom. The van der Waals surface area contributed by atoms with E-state index in [-0.39, 0.29) is 6.04 Å². The summed E-state index contributed by atoms with van der Waals surface area (Å²) in [5.74, 6) is 0.772. The van der Waals surface area contributed by atoms with Crippen LogP contribution in [0.5, 0.6) is 0 Å². The van der Waals surface area contributed by atoms with E-state index in [9.17, 15) is 0 Å². The number of nitrogens with two attached hydrogens (primary N) is 1. The van der Waals surface area contributed by atoms with Crippen molar-refractivity contribution in [1.82, 2.24) is 4.90 Å². The molecule has 0 saturated heterocycles. The summed E-state index contributed by atoms with van der Waals surface area (Å²) in [6.07, 6.45) is 3.99. The van der Waals surface area contributed by atoms with Gasteiger partial charge in [0.05, 0.1) is 0 Å². The van der Waals surface area contributed by atoms with Crippen molar-refractivity contribution >= 4 is 0 Å². The molecule has 1 aliphatic carbocycles. The summed E-state index contributed by atoms with van der Waals surface area (Å²) in [6, 6.07) is 7.57.